The van der Waals surface area contributed by atoms with E-state index in [4.69, 9.17) is 14.2 Å². The molecule has 0 aromatic rings. The number of unbranched alkanes of at least 4 members (excludes halogenated alkanes) is 22. The molecule has 0 N–H and O–H groups in total. The highest BCUT2D eigenvalue weighted by Gasteiger charge is 2.19. The molecule has 0 radical (unpaired) electrons. The molecule has 0 heterocycles. The van der Waals surface area contributed by atoms with Crippen molar-refractivity contribution in [2.75, 3.05) is 13.2 Å². The highest BCUT2D eigenvalue weighted by molar-refractivity contribution is 5.71. The van der Waals surface area contributed by atoms with E-state index in [1.54, 1.807) is 0 Å². The minimum atomic E-state index is -0.753. The van der Waals surface area contributed by atoms with Gasteiger partial charge < -0.3 is 14.2 Å². The predicted molar refractivity (Wildman–Crippen MR) is 178 cm³/mol. The summed E-state index contributed by atoms with van der Waals surface area (Å²) in [6.07, 6.45) is 29.7. The van der Waals surface area contributed by atoms with Crippen LogP contribution in [0.5, 0.6) is 0 Å². The van der Waals surface area contributed by atoms with E-state index in [1.165, 1.54) is 96.3 Å². The van der Waals surface area contributed by atoms with Crippen LogP contribution in [0, 0.1) is 0 Å². The number of carbonyl (C=O) groups is 3. The maximum Gasteiger partial charge on any atom is 0.306 e. The molecule has 0 saturated heterocycles. The number of esters is 3. The first kappa shape index (κ1) is 41.4. The predicted octanol–water partition coefficient (Wildman–Crippen LogP) is 11.0. The Morgan fingerprint density at radius 2 is 0.628 bits per heavy atom. The van der Waals surface area contributed by atoms with Crippen molar-refractivity contribution in [3.05, 3.63) is 0 Å². The van der Waals surface area contributed by atoms with Gasteiger partial charge in [0, 0.05) is 19.3 Å². The summed E-state index contributed by atoms with van der Waals surface area (Å²) in [6.45, 7) is 6.51. The second kappa shape index (κ2) is 33.3. The average molecular weight is 611 g/mol. The van der Waals surface area contributed by atoms with E-state index in [9.17, 15) is 14.4 Å². The Labute approximate surface area is 266 Å². The number of rotatable bonds is 33. The van der Waals surface area contributed by atoms with Crippen molar-refractivity contribution < 1.29 is 28.6 Å². The second-order valence-corrected chi connectivity index (χ2v) is 12.5. The molecule has 0 bridgehead atoms. The van der Waals surface area contributed by atoms with E-state index in [1.807, 2.05) is 0 Å². The molecule has 0 aliphatic carbocycles. The summed E-state index contributed by atoms with van der Waals surface area (Å²) in [5.74, 6) is -0.882. The third-order valence-corrected chi connectivity index (χ3v) is 8.11. The highest BCUT2D eigenvalue weighted by atomic mass is 16.6. The average Bonchev–Trinajstić information content (AvgIpc) is 3.00. The summed E-state index contributed by atoms with van der Waals surface area (Å²) < 4.78 is 16.5. The van der Waals surface area contributed by atoms with Gasteiger partial charge >= 0.3 is 17.9 Å². The molecular formula is C37H70O6. The first-order valence-electron chi connectivity index (χ1n) is 18.5. The van der Waals surface area contributed by atoms with Crippen LogP contribution in [0.25, 0.3) is 0 Å². The van der Waals surface area contributed by atoms with Crippen LogP contribution < -0.4 is 0 Å². The van der Waals surface area contributed by atoms with Gasteiger partial charge in [-0.1, -0.05) is 162 Å². The van der Waals surface area contributed by atoms with Crippen LogP contribution in [0.15, 0.2) is 0 Å². The van der Waals surface area contributed by atoms with Crippen molar-refractivity contribution >= 4 is 17.9 Å². The van der Waals surface area contributed by atoms with Crippen molar-refractivity contribution in [1.82, 2.24) is 0 Å². The molecule has 6 heteroatoms. The number of ether oxygens (including phenoxy) is 3. The topological polar surface area (TPSA) is 78.9 Å². The second-order valence-electron chi connectivity index (χ2n) is 12.5. The molecule has 0 fully saturated rings. The van der Waals surface area contributed by atoms with Crippen LogP contribution in [0.2, 0.25) is 0 Å². The zero-order valence-electron chi connectivity index (χ0n) is 28.7. The molecule has 0 aromatic heterocycles. The maximum absolute atomic E-state index is 12.5. The molecular weight excluding hydrogens is 540 g/mol. The third kappa shape index (κ3) is 31.6. The lowest BCUT2D eigenvalue weighted by atomic mass is 10.1. The Hall–Kier alpha value is -1.59. The minimum Gasteiger partial charge on any atom is -0.462 e. The summed E-state index contributed by atoms with van der Waals surface area (Å²) >= 11 is 0. The van der Waals surface area contributed by atoms with Crippen LogP contribution in [0.1, 0.15) is 201 Å². The summed E-state index contributed by atoms with van der Waals surface area (Å²) in [5, 5.41) is 0. The molecule has 1 atom stereocenters. The van der Waals surface area contributed by atoms with Gasteiger partial charge in [0.05, 0.1) is 0 Å². The fourth-order valence-electron chi connectivity index (χ4n) is 5.26. The van der Waals surface area contributed by atoms with Gasteiger partial charge in [0.25, 0.3) is 0 Å². The SMILES string of the molecule is CCCCCCCCCCCCCC(=O)OC(COC(=O)CCCCCCC)COC(=O)CCCCCCCCCCC. The quantitative estimate of drug-likeness (QED) is 0.0418. The van der Waals surface area contributed by atoms with Gasteiger partial charge in [0.15, 0.2) is 6.10 Å². The molecule has 254 valence electrons. The van der Waals surface area contributed by atoms with Gasteiger partial charge in [-0.25, -0.2) is 0 Å². The molecule has 0 aromatic carbocycles. The zero-order chi connectivity index (χ0) is 31.6. The van der Waals surface area contributed by atoms with Gasteiger partial charge in [-0.2, -0.15) is 0 Å². The fourth-order valence-corrected chi connectivity index (χ4v) is 5.26. The van der Waals surface area contributed by atoms with E-state index < -0.39 is 6.10 Å². The van der Waals surface area contributed by atoms with E-state index in [0.29, 0.717) is 19.3 Å². The van der Waals surface area contributed by atoms with Crippen LogP contribution in [-0.2, 0) is 28.6 Å². The third-order valence-electron chi connectivity index (χ3n) is 8.11. The first-order chi connectivity index (χ1) is 21.0. The molecule has 6 nitrogen and oxygen atoms in total. The Kier molecular flexibility index (Phi) is 32.1. The summed E-state index contributed by atoms with van der Waals surface area (Å²) in [6, 6.07) is 0. The first-order valence-corrected chi connectivity index (χ1v) is 18.5. The van der Waals surface area contributed by atoms with Crippen LogP contribution in [0.4, 0.5) is 0 Å². The van der Waals surface area contributed by atoms with Crippen LogP contribution in [-0.4, -0.2) is 37.2 Å². The van der Waals surface area contributed by atoms with Crippen molar-refractivity contribution in [3.8, 4) is 0 Å². The van der Waals surface area contributed by atoms with Crippen LogP contribution >= 0.6 is 0 Å². The largest absolute Gasteiger partial charge is 0.462 e. The van der Waals surface area contributed by atoms with Crippen molar-refractivity contribution in [2.24, 2.45) is 0 Å². The van der Waals surface area contributed by atoms with E-state index in [-0.39, 0.29) is 31.1 Å². The molecule has 0 aliphatic heterocycles. The molecule has 0 saturated carbocycles. The summed E-state index contributed by atoms with van der Waals surface area (Å²) in [7, 11) is 0. The summed E-state index contributed by atoms with van der Waals surface area (Å²) in [5.41, 5.74) is 0. The smallest absolute Gasteiger partial charge is 0.306 e. The molecule has 0 spiro atoms. The Bertz CT molecular complexity index is 635. The molecule has 1 unspecified atom stereocenters. The van der Waals surface area contributed by atoms with Gasteiger partial charge in [-0.3, -0.25) is 14.4 Å². The molecule has 0 rings (SSSR count). The number of hydrogen-bond donors (Lipinski definition) is 0. The van der Waals surface area contributed by atoms with Gasteiger partial charge in [0.2, 0.25) is 0 Å². The zero-order valence-corrected chi connectivity index (χ0v) is 28.7. The van der Waals surface area contributed by atoms with Crippen LogP contribution in [0.3, 0.4) is 0 Å². The fraction of sp³-hybridized carbons (Fsp3) is 0.919. The van der Waals surface area contributed by atoms with Gasteiger partial charge in [-0.05, 0) is 19.3 Å². The van der Waals surface area contributed by atoms with Gasteiger partial charge in [0.1, 0.15) is 13.2 Å². The molecule has 0 aliphatic rings. The van der Waals surface area contributed by atoms with E-state index >= 15 is 0 Å². The monoisotopic (exact) mass is 611 g/mol. The Morgan fingerprint density at radius 3 is 0.930 bits per heavy atom. The van der Waals surface area contributed by atoms with Crippen molar-refractivity contribution in [2.45, 2.75) is 207 Å². The van der Waals surface area contributed by atoms with Gasteiger partial charge in [-0.15, -0.1) is 0 Å². The number of hydrogen-bond acceptors (Lipinski definition) is 6. The van der Waals surface area contributed by atoms with E-state index in [2.05, 4.69) is 20.8 Å². The summed E-state index contributed by atoms with van der Waals surface area (Å²) in [4.78, 5) is 37.1. The lowest BCUT2D eigenvalue weighted by Crippen LogP contribution is -2.30. The standard InChI is InChI=1S/C37H70O6/c1-4-7-10-13-15-17-18-20-22-25-28-31-37(40)43-34(32-41-35(38)29-26-23-12-9-6-3)33-42-36(39)30-27-24-21-19-16-14-11-8-5-2/h34H,4-33H2,1-3H3. The van der Waals surface area contributed by atoms with Crippen molar-refractivity contribution in [1.29, 1.82) is 0 Å². The molecule has 0 amide bonds. The minimum absolute atomic E-state index is 0.0654. The normalized spacial score (nSPS) is 11.8. The van der Waals surface area contributed by atoms with E-state index in [0.717, 1.165) is 64.2 Å². The Morgan fingerprint density at radius 1 is 0.372 bits per heavy atom. The lowest BCUT2D eigenvalue weighted by Gasteiger charge is -2.18. The Balaban J connectivity index is 4.29. The lowest BCUT2D eigenvalue weighted by molar-refractivity contribution is -0.167. The highest BCUT2D eigenvalue weighted by Crippen LogP contribution is 2.14. The molecule has 43 heavy (non-hydrogen) atoms. The number of carbonyl (C=O) groups excluding carboxylic acids is 3. The maximum atomic E-state index is 12.5. The van der Waals surface area contributed by atoms with Crippen molar-refractivity contribution in [3.63, 3.8) is 0 Å².